The molecule has 1 aromatic carbocycles. The highest BCUT2D eigenvalue weighted by molar-refractivity contribution is 6.60. The Labute approximate surface area is 156 Å². The number of esters is 1. The average Bonchev–Trinajstić information content (AvgIpc) is 3.12. The number of carbonyl (C=O) groups is 1. The molecule has 0 saturated heterocycles. The van der Waals surface area contributed by atoms with Crippen LogP contribution in [0.25, 0.3) is 0 Å². The first-order valence-corrected chi connectivity index (χ1v) is 10.7. The van der Waals surface area contributed by atoms with Crippen LogP contribution in [0.2, 0.25) is 6.04 Å². The molecule has 0 saturated carbocycles. The fourth-order valence-electron chi connectivity index (χ4n) is 2.90. The van der Waals surface area contributed by atoms with Gasteiger partial charge in [-0.1, -0.05) is 30.3 Å². The minimum Gasteiger partial charge on any atom is -0.458 e. The smallest absolute Gasteiger partial charge is 0.458 e. The number of nitrogens with zero attached hydrogens (tertiary/aromatic N) is 2. The van der Waals surface area contributed by atoms with Gasteiger partial charge in [-0.05, 0) is 12.0 Å². The van der Waals surface area contributed by atoms with Crippen molar-refractivity contribution in [3.8, 4) is 0 Å². The van der Waals surface area contributed by atoms with Gasteiger partial charge in [0.25, 0.3) is 0 Å². The van der Waals surface area contributed by atoms with Crippen LogP contribution in [0.3, 0.4) is 0 Å². The predicted octanol–water partition coefficient (Wildman–Crippen LogP) is 1.35. The summed E-state index contributed by atoms with van der Waals surface area (Å²) in [6, 6.07) is 10.5. The first-order valence-electron chi connectivity index (χ1n) is 8.79. The van der Waals surface area contributed by atoms with Gasteiger partial charge in [0.15, 0.2) is 6.54 Å². The molecule has 2 rings (SSSR count). The van der Waals surface area contributed by atoms with E-state index in [2.05, 4.69) is 4.90 Å². The lowest BCUT2D eigenvalue weighted by molar-refractivity contribution is -0.504. The zero-order valence-corrected chi connectivity index (χ0v) is 16.8. The lowest BCUT2D eigenvalue weighted by Crippen LogP contribution is -2.43. The number of benzene rings is 1. The number of carbonyl (C=O) groups excluding carboxylic acids is 1. The van der Waals surface area contributed by atoms with Crippen LogP contribution in [0.15, 0.2) is 30.3 Å². The highest BCUT2D eigenvalue weighted by Gasteiger charge is 2.37. The van der Waals surface area contributed by atoms with Crippen molar-refractivity contribution < 1.29 is 27.4 Å². The predicted molar refractivity (Wildman–Crippen MR) is 100 cm³/mol. The maximum absolute atomic E-state index is 12.0. The normalized spacial score (nSPS) is 14.4. The Morgan fingerprint density at radius 3 is 2.50 bits per heavy atom. The molecule has 144 valence electrons. The molecule has 1 aliphatic rings. The number of hydrogen-bond donors (Lipinski definition) is 0. The van der Waals surface area contributed by atoms with Crippen LogP contribution in [0.5, 0.6) is 0 Å². The molecule has 1 aliphatic heterocycles. The molecule has 0 bridgehead atoms. The molecule has 1 aromatic rings. The van der Waals surface area contributed by atoms with Crippen molar-refractivity contribution in [2.24, 2.45) is 0 Å². The molecule has 0 atom stereocenters. The summed E-state index contributed by atoms with van der Waals surface area (Å²) < 4.78 is 23.6. The molecule has 0 N–H and O–H groups in total. The molecule has 1 heterocycles. The quantitative estimate of drug-likeness (QED) is 0.328. The van der Waals surface area contributed by atoms with Crippen LogP contribution in [0.1, 0.15) is 12.0 Å². The summed E-state index contributed by atoms with van der Waals surface area (Å²) in [4.78, 5) is 14.2. The van der Waals surface area contributed by atoms with E-state index < -0.39 is 8.80 Å². The summed E-state index contributed by atoms with van der Waals surface area (Å²) >= 11 is 0. The van der Waals surface area contributed by atoms with Crippen molar-refractivity contribution in [1.29, 1.82) is 0 Å². The molecule has 0 aliphatic carbocycles. The van der Waals surface area contributed by atoms with Gasteiger partial charge < -0.3 is 18.0 Å². The molecule has 0 amide bonds. The van der Waals surface area contributed by atoms with Gasteiger partial charge in [-0.3, -0.25) is 9.48 Å². The van der Waals surface area contributed by atoms with Crippen LogP contribution in [0.4, 0.5) is 0 Å². The van der Waals surface area contributed by atoms with Gasteiger partial charge in [0, 0.05) is 27.4 Å². The van der Waals surface area contributed by atoms with Crippen LogP contribution in [0, 0.1) is 0 Å². The molecular formula is C18H29N2O5Si+. The van der Waals surface area contributed by atoms with E-state index in [1.54, 1.807) is 21.3 Å². The van der Waals surface area contributed by atoms with E-state index in [-0.39, 0.29) is 12.5 Å². The SMILES string of the molecule is CO[Si](CCCN1C=[N+](CC(=O)OCc2ccccc2)CC1)(OC)OC. The van der Waals surface area contributed by atoms with Crippen LogP contribution < -0.4 is 0 Å². The Hall–Kier alpha value is -1.74. The van der Waals surface area contributed by atoms with Crippen LogP contribution in [-0.4, -0.2) is 78.1 Å². The van der Waals surface area contributed by atoms with Gasteiger partial charge in [-0.15, -0.1) is 0 Å². The summed E-state index contributed by atoms with van der Waals surface area (Å²) in [5, 5.41) is 0. The van der Waals surface area contributed by atoms with Gasteiger partial charge in [-0.2, -0.15) is 0 Å². The van der Waals surface area contributed by atoms with Crippen LogP contribution >= 0.6 is 0 Å². The monoisotopic (exact) mass is 381 g/mol. The Morgan fingerprint density at radius 2 is 1.85 bits per heavy atom. The standard InChI is InChI=1S/C18H29N2O5Si/c1-22-26(23-2,24-3)13-7-10-19-11-12-20(16-19)14-18(21)25-15-17-8-5-4-6-9-17/h4-6,8-9,16H,7,10-15H2,1-3H3/q+1. The molecule has 7 nitrogen and oxygen atoms in total. The minimum atomic E-state index is -2.50. The second-order valence-corrected chi connectivity index (χ2v) is 9.26. The van der Waals surface area contributed by atoms with Crippen molar-refractivity contribution in [2.75, 3.05) is 47.5 Å². The van der Waals surface area contributed by atoms with Crippen molar-refractivity contribution in [3.63, 3.8) is 0 Å². The maximum Gasteiger partial charge on any atom is 0.500 e. The average molecular weight is 382 g/mol. The van der Waals surface area contributed by atoms with E-state index in [9.17, 15) is 4.79 Å². The van der Waals surface area contributed by atoms with E-state index in [4.69, 9.17) is 18.0 Å². The maximum atomic E-state index is 12.0. The lowest BCUT2D eigenvalue weighted by atomic mass is 10.2. The zero-order chi connectivity index (χ0) is 18.8. The molecule has 0 unspecified atom stereocenters. The number of rotatable bonds is 11. The summed E-state index contributed by atoms with van der Waals surface area (Å²) in [5.41, 5.74) is 0.995. The molecule has 0 spiro atoms. The zero-order valence-electron chi connectivity index (χ0n) is 15.8. The van der Waals surface area contributed by atoms with Gasteiger partial charge >= 0.3 is 14.8 Å². The number of hydrogen-bond acceptors (Lipinski definition) is 6. The summed E-state index contributed by atoms with van der Waals surface area (Å²) in [6.45, 7) is 3.18. The molecule has 0 aromatic heterocycles. The first kappa shape index (κ1) is 20.6. The summed E-state index contributed by atoms with van der Waals surface area (Å²) in [7, 11) is 2.38. The van der Waals surface area contributed by atoms with Crippen LogP contribution in [-0.2, 0) is 29.4 Å². The number of ether oxygens (including phenoxy) is 1. The third kappa shape index (κ3) is 6.21. The van der Waals surface area contributed by atoms with E-state index >= 15 is 0 Å². The Bertz CT molecular complexity index is 584. The van der Waals surface area contributed by atoms with E-state index in [0.717, 1.165) is 37.7 Å². The summed E-state index contributed by atoms with van der Waals surface area (Å²) in [6.07, 6.45) is 2.91. The van der Waals surface area contributed by atoms with E-state index in [1.165, 1.54) is 0 Å². The van der Waals surface area contributed by atoms with E-state index in [1.807, 2.05) is 41.2 Å². The van der Waals surface area contributed by atoms with E-state index in [0.29, 0.717) is 6.61 Å². The minimum absolute atomic E-state index is 0.212. The molecular weight excluding hydrogens is 352 g/mol. The third-order valence-corrected chi connectivity index (χ3v) is 7.27. The molecule has 0 radical (unpaired) electrons. The first-order chi connectivity index (χ1) is 12.6. The topological polar surface area (TPSA) is 60.2 Å². The second kappa shape index (κ2) is 10.4. The molecule has 0 fully saturated rings. The van der Waals surface area contributed by atoms with Crippen molar-refractivity contribution in [2.45, 2.75) is 19.1 Å². The molecule has 8 heteroatoms. The van der Waals surface area contributed by atoms with Gasteiger partial charge in [-0.25, -0.2) is 4.79 Å². The third-order valence-electron chi connectivity index (χ3n) is 4.44. The highest BCUT2D eigenvalue weighted by atomic mass is 28.4. The van der Waals surface area contributed by atoms with Gasteiger partial charge in [0.05, 0.1) is 6.54 Å². The highest BCUT2D eigenvalue weighted by Crippen LogP contribution is 2.15. The largest absolute Gasteiger partial charge is 0.500 e. The molecule has 26 heavy (non-hydrogen) atoms. The summed E-state index contributed by atoms with van der Waals surface area (Å²) in [5.74, 6) is -0.212. The Kier molecular flexibility index (Phi) is 8.24. The van der Waals surface area contributed by atoms with Crippen molar-refractivity contribution in [1.82, 2.24) is 4.90 Å². The van der Waals surface area contributed by atoms with Crippen molar-refractivity contribution in [3.05, 3.63) is 35.9 Å². The van der Waals surface area contributed by atoms with Crippen molar-refractivity contribution >= 4 is 21.1 Å². The second-order valence-electron chi connectivity index (χ2n) is 6.17. The van der Waals surface area contributed by atoms with Gasteiger partial charge in [0.1, 0.15) is 19.7 Å². The van der Waals surface area contributed by atoms with Gasteiger partial charge in [0.2, 0.25) is 6.34 Å². The fourth-order valence-corrected chi connectivity index (χ4v) is 4.60. The fraction of sp³-hybridized carbons (Fsp3) is 0.556. The Morgan fingerprint density at radius 1 is 1.15 bits per heavy atom. The lowest BCUT2D eigenvalue weighted by Gasteiger charge is -2.24. The Balaban J connectivity index is 1.70.